The fourth-order valence-corrected chi connectivity index (χ4v) is 4.57. The Bertz CT molecular complexity index is 1130. The minimum Gasteiger partial charge on any atom is -0.486 e. The van der Waals surface area contributed by atoms with Gasteiger partial charge in [-0.25, -0.2) is 8.42 Å². The van der Waals surface area contributed by atoms with Gasteiger partial charge in [0.15, 0.2) is 17.6 Å². The summed E-state index contributed by atoms with van der Waals surface area (Å²) < 4.78 is 43.7. The molecular weight excluding hydrogens is 432 g/mol. The third-order valence-electron chi connectivity index (χ3n) is 5.46. The van der Waals surface area contributed by atoms with Crippen molar-refractivity contribution in [2.45, 2.75) is 38.4 Å². The summed E-state index contributed by atoms with van der Waals surface area (Å²) in [5.74, 6) is 1.24. The molecule has 172 valence electrons. The van der Waals surface area contributed by atoms with Crippen LogP contribution < -0.4 is 23.8 Å². The lowest BCUT2D eigenvalue weighted by molar-refractivity contribution is -0.128. The first-order valence-corrected chi connectivity index (χ1v) is 12.3. The minimum absolute atomic E-state index is 0.101. The highest BCUT2D eigenvalue weighted by Crippen LogP contribution is 2.38. The average Bonchev–Trinajstić information content (AvgIpc) is 2.74. The van der Waals surface area contributed by atoms with Crippen LogP contribution >= 0.6 is 0 Å². The van der Waals surface area contributed by atoms with Gasteiger partial charge >= 0.3 is 0 Å². The number of carbonyl (C=O) groups is 1. The van der Waals surface area contributed by atoms with Crippen LogP contribution in [0.4, 0.5) is 5.69 Å². The largest absolute Gasteiger partial charge is 0.486 e. The smallest absolute Gasteiger partial charge is 0.263 e. The quantitative estimate of drug-likeness (QED) is 0.753. The molecule has 0 saturated heterocycles. The number of para-hydroxylation sites is 2. The van der Waals surface area contributed by atoms with Crippen LogP contribution in [0.5, 0.6) is 17.2 Å². The second kappa shape index (κ2) is 8.20. The third-order valence-corrected chi connectivity index (χ3v) is 6.61. The molecule has 4 rings (SSSR count). The van der Waals surface area contributed by atoms with Gasteiger partial charge in [-0.3, -0.25) is 9.10 Å². The molecule has 2 aromatic carbocycles. The summed E-state index contributed by atoms with van der Waals surface area (Å²) in [4.78, 5) is 12.8. The van der Waals surface area contributed by atoms with Gasteiger partial charge < -0.3 is 19.5 Å². The molecule has 0 fully saturated rings. The molecule has 32 heavy (non-hydrogen) atoms. The van der Waals surface area contributed by atoms with Gasteiger partial charge in [-0.15, -0.1) is 0 Å². The number of amides is 1. The number of nitrogens with one attached hydrogen (secondary N) is 1. The van der Waals surface area contributed by atoms with E-state index in [9.17, 15) is 13.2 Å². The van der Waals surface area contributed by atoms with Crippen molar-refractivity contribution in [3.8, 4) is 17.2 Å². The number of anilines is 1. The molecule has 2 heterocycles. The zero-order chi connectivity index (χ0) is 23.1. The number of fused-ring (bicyclic) bond motifs is 2. The Balaban J connectivity index is 1.47. The maximum Gasteiger partial charge on any atom is 0.263 e. The van der Waals surface area contributed by atoms with Crippen molar-refractivity contribution in [2.75, 3.05) is 30.3 Å². The molecular formula is C23H28N2O6S. The number of sulfonamides is 1. The van der Waals surface area contributed by atoms with Crippen molar-refractivity contribution in [1.82, 2.24) is 5.32 Å². The van der Waals surface area contributed by atoms with Gasteiger partial charge in [0.2, 0.25) is 10.0 Å². The van der Waals surface area contributed by atoms with Crippen molar-refractivity contribution in [3.63, 3.8) is 0 Å². The van der Waals surface area contributed by atoms with Gasteiger partial charge in [-0.1, -0.05) is 39.0 Å². The van der Waals surface area contributed by atoms with Crippen LogP contribution in [0, 0.1) is 0 Å². The average molecular weight is 461 g/mol. The van der Waals surface area contributed by atoms with Crippen LogP contribution in [-0.4, -0.2) is 52.5 Å². The number of carbonyl (C=O) groups excluding carboxylic acids is 1. The summed E-state index contributed by atoms with van der Waals surface area (Å²) in [6.45, 7) is 6.56. The molecule has 2 aromatic rings. The molecule has 0 bridgehead atoms. The normalized spacial score (nSPS) is 20.2. The first-order valence-electron chi connectivity index (χ1n) is 10.5. The Morgan fingerprint density at radius 1 is 1.09 bits per heavy atom. The summed E-state index contributed by atoms with van der Waals surface area (Å²) in [5, 5.41) is 2.80. The maximum absolute atomic E-state index is 12.8. The fourth-order valence-electron chi connectivity index (χ4n) is 3.66. The monoisotopic (exact) mass is 460 g/mol. The first kappa shape index (κ1) is 22.3. The lowest BCUT2D eigenvalue weighted by atomic mass is 9.86. The van der Waals surface area contributed by atoms with Gasteiger partial charge in [0.1, 0.15) is 18.5 Å². The molecule has 2 atom stereocenters. The van der Waals surface area contributed by atoms with Crippen molar-refractivity contribution < 1.29 is 27.4 Å². The second-order valence-corrected chi connectivity index (χ2v) is 11.0. The van der Waals surface area contributed by atoms with Gasteiger partial charge in [-0.2, -0.15) is 0 Å². The molecule has 0 radical (unpaired) electrons. The molecule has 8 nitrogen and oxygen atoms in total. The van der Waals surface area contributed by atoms with E-state index in [4.69, 9.17) is 14.2 Å². The second-order valence-electron chi connectivity index (χ2n) is 9.08. The minimum atomic E-state index is -3.61. The van der Waals surface area contributed by atoms with Crippen LogP contribution in [0.25, 0.3) is 0 Å². The van der Waals surface area contributed by atoms with E-state index in [1.807, 2.05) is 30.3 Å². The van der Waals surface area contributed by atoms with Crippen molar-refractivity contribution in [2.24, 2.45) is 0 Å². The van der Waals surface area contributed by atoms with E-state index in [1.54, 1.807) is 12.1 Å². The summed E-state index contributed by atoms with van der Waals surface area (Å²) in [6, 6.07) is 12.8. The highest BCUT2D eigenvalue weighted by Gasteiger charge is 2.36. The van der Waals surface area contributed by atoms with E-state index in [1.165, 1.54) is 4.31 Å². The molecule has 9 heteroatoms. The van der Waals surface area contributed by atoms with Crippen LogP contribution in [0.3, 0.4) is 0 Å². The molecule has 0 unspecified atom stereocenters. The number of hydrogen-bond donors (Lipinski definition) is 1. The highest BCUT2D eigenvalue weighted by atomic mass is 32.2. The van der Waals surface area contributed by atoms with Gasteiger partial charge in [0.25, 0.3) is 5.91 Å². The van der Waals surface area contributed by atoms with Gasteiger partial charge in [0.05, 0.1) is 25.0 Å². The first-order chi connectivity index (χ1) is 15.0. The van der Waals surface area contributed by atoms with E-state index in [0.29, 0.717) is 29.5 Å². The van der Waals surface area contributed by atoms with E-state index < -0.39 is 22.0 Å². The zero-order valence-corrected chi connectivity index (χ0v) is 19.4. The number of benzene rings is 2. The molecule has 1 amide bonds. The van der Waals surface area contributed by atoms with E-state index in [0.717, 1.165) is 11.8 Å². The number of ether oxygens (including phenoxy) is 3. The Hall–Kier alpha value is -2.94. The van der Waals surface area contributed by atoms with Crippen LogP contribution in [0.1, 0.15) is 26.3 Å². The Morgan fingerprint density at radius 2 is 1.81 bits per heavy atom. The molecule has 1 N–H and O–H groups in total. The SMILES string of the molecule is CC(C)(C)c1ccc2c(c1)N(S(C)(=O)=O)C[C@H](C(=O)NC[C@H]1COc3ccccc3O1)O2. The van der Waals surface area contributed by atoms with Gasteiger partial charge in [0, 0.05) is 0 Å². The maximum atomic E-state index is 12.8. The molecule has 0 saturated carbocycles. The highest BCUT2D eigenvalue weighted by molar-refractivity contribution is 7.92. The zero-order valence-electron chi connectivity index (χ0n) is 18.6. The molecule has 0 aromatic heterocycles. The molecule has 2 aliphatic heterocycles. The third kappa shape index (κ3) is 4.62. The van der Waals surface area contributed by atoms with Crippen LogP contribution in [0.2, 0.25) is 0 Å². The number of hydrogen-bond acceptors (Lipinski definition) is 6. The van der Waals surface area contributed by atoms with Gasteiger partial charge in [-0.05, 0) is 35.2 Å². The summed E-state index contributed by atoms with van der Waals surface area (Å²) in [6.07, 6.45) is -0.203. The fraction of sp³-hybridized carbons (Fsp3) is 0.435. The molecule has 2 aliphatic rings. The number of rotatable bonds is 4. The lowest BCUT2D eigenvalue weighted by Gasteiger charge is -2.35. The Kier molecular flexibility index (Phi) is 5.70. The van der Waals surface area contributed by atoms with E-state index in [2.05, 4.69) is 26.1 Å². The Morgan fingerprint density at radius 3 is 2.50 bits per heavy atom. The van der Waals surface area contributed by atoms with Crippen molar-refractivity contribution >= 4 is 21.6 Å². The molecule has 0 aliphatic carbocycles. The standard InChI is InChI=1S/C23H28N2O6S/c1-23(2,3)15-9-10-18-17(11-15)25(32(4,27)28)13-21(31-18)22(26)24-12-16-14-29-19-7-5-6-8-20(19)30-16/h5-11,16,21H,12-14H2,1-4H3,(H,24,26)/t16-,21+/m0/s1. The summed E-state index contributed by atoms with van der Waals surface area (Å²) >= 11 is 0. The van der Waals surface area contributed by atoms with Crippen molar-refractivity contribution in [1.29, 1.82) is 0 Å². The Labute approximate surface area is 188 Å². The van der Waals surface area contributed by atoms with E-state index in [-0.39, 0.29) is 24.6 Å². The lowest BCUT2D eigenvalue weighted by Crippen LogP contribution is -2.52. The summed E-state index contributed by atoms with van der Waals surface area (Å²) in [7, 11) is -3.61. The molecule has 0 spiro atoms. The van der Waals surface area contributed by atoms with Crippen LogP contribution in [0.15, 0.2) is 42.5 Å². The predicted molar refractivity (Wildman–Crippen MR) is 121 cm³/mol. The van der Waals surface area contributed by atoms with E-state index >= 15 is 0 Å². The van der Waals surface area contributed by atoms with Crippen LogP contribution in [-0.2, 0) is 20.2 Å². The summed E-state index contributed by atoms with van der Waals surface area (Å²) in [5.41, 5.74) is 1.27. The predicted octanol–water partition coefficient (Wildman–Crippen LogP) is 2.47. The topological polar surface area (TPSA) is 94.2 Å². The van der Waals surface area contributed by atoms with Crippen molar-refractivity contribution in [3.05, 3.63) is 48.0 Å². The number of nitrogens with zero attached hydrogens (tertiary/aromatic N) is 1.